The summed E-state index contributed by atoms with van der Waals surface area (Å²) in [6, 6.07) is 66.0. The van der Waals surface area contributed by atoms with Crippen molar-refractivity contribution in [2.75, 3.05) is 0 Å². The number of nitrogens with zero attached hydrogens (tertiary/aromatic N) is 5. The second-order valence-electron chi connectivity index (χ2n) is 14.0. The summed E-state index contributed by atoms with van der Waals surface area (Å²) in [5.41, 5.74) is 12.3. The van der Waals surface area contributed by atoms with Crippen LogP contribution in [0.4, 0.5) is 0 Å². The normalized spacial score (nSPS) is 11.6. The lowest BCUT2D eigenvalue weighted by atomic mass is 9.98. The summed E-state index contributed by atoms with van der Waals surface area (Å²) in [7, 11) is 0. The van der Waals surface area contributed by atoms with Crippen LogP contribution in [0, 0.1) is 22.7 Å². The molecule has 0 spiro atoms. The average Bonchev–Trinajstić information content (AvgIpc) is 3.89. The first kappa shape index (κ1) is 30.7. The quantitative estimate of drug-likeness (QED) is 0.184. The molecule has 11 rings (SSSR count). The van der Waals surface area contributed by atoms with Crippen LogP contribution in [0.2, 0.25) is 0 Å². The predicted octanol–water partition coefficient (Wildman–Crippen LogP) is 12.4. The van der Waals surface area contributed by atoms with Gasteiger partial charge < -0.3 is 13.7 Å². The third-order valence-electron chi connectivity index (χ3n) is 11.1. The van der Waals surface area contributed by atoms with E-state index in [0.29, 0.717) is 11.1 Å². The molecule has 0 bridgehead atoms. The lowest BCUT2D eigenvalue weighted by Crippen LogP contribution is -2.03. The Bertz CT molecular complexity index is 3420. The van der Waals surface area contributed by atoms with E-state index < -0.39 is 0 Å². The molecule has 0 N–H and O–H groups in total. The molecule has 0 radical (unpaired) electrons. The molecular formula is C50H29N5. The standard InChI is InChI=1S/C50H29N5/c51-30-32-24-27-48(55-47-23-10-4-16-38(47)41-18-11-12-33(31-52)50(41)55)42(28-32)39-17-5-9-22-46(39)54-45-21-8-3-15-37(45)40-26-25-34(29-49(40)54)53-43-19-6-1-13-35(43)36-14-2-7-20-44(36)53/h1-29H. The van der Waals surface area contributed by atoms with E-state index in [2.05, 4.69) is 159 Å². The zero-order valence-electron chi connectivity index (χ0n) is 29.5. The van der Waals surface area contributed by atoms with Gasteiger partial charge in [0.2, 0.25) is 0 Å². The zero-order valence-corrected chi connectivity index (χ0v) is 29.5. The monoisotopic (exact) mass is 699 g/mol. The molecule has 0 aliphatic carbocycles. The van der Waals surface area contributed by atoms with Crippen LogP contribution in [0.25, 0.3) is 93.6 Å². The Labute approximate surface area is 316 Å². The van der Waals surface area contributed by atoms with E-state index in [-0.39, 0.29) is 0 Å². The maximum absolute atomic E-state index is 10.4. The van der Waals surface area contributed by atoms with E-state index in [9.17, 15) is 10.5 Å². The van der Waals surface area contributed by atoms with E-state index in [1.54, 1.807) is 0 Å². The summed E-state index contributed by atoms with van der Waals surface area (Å²) in [4.78, 5) is 0. The highest BCUT2D eigenvalue weighted by molar-refractivity contribution is 6.13. The van der Waals surface area contributed by atoms with Gasteiger partial charge in [0.05, 0.1) is 61.7 Å². The van der Waals surface area contributed by atoms with E-state index in [4.69, 9.17) is 0 Å². The number of nitriles is 2. The smallest absolute Gasteiger partial charge is 0.101 e. The van der Waals surface area contributed by atoms with Crippen molar-refractivity contribution in [2.45, 2.75) is 0 Å². The van der Waals surface area contributed by atoms with Crippen molar-refractivity contribution in [3.8, 4) is 40.3 Å². The minimum atomic E-state index is 0.561. The fourth-order valence-corrected chi connectivity index (χ4v) is 8.83. The second kappa shape index (κ2) is 11.8. The van der Waals surface area contributed by atoms with Gasteiger partial charge in [-0.25, -0.2) is 0 Å². The number of rotatable bonds is 4. The van der Waals surface area contributed by atoms with Crippen LogP contribution in [0.3, 0.4) is 0 Å². The Kier molecular flexibility index (Phi) is 6.61. The Morgan fingerprint density at radius 3 is 1.53 bits per heavy atom. The van der Waals surface area contributed by atoms with Gasteiger partial charge in [-0.3, -0.25) is 0 Å². The Balaban J connectivity index is 1.23. The van der Waals surface area contributed by atoms with Crippen molar-refractivity contribution in [1.82, 2.24) is 13.7 Å². The van der Waals surface area contributed by atoms with E-state index in [0.717, 1.165) is 82.8 Å². The Morgan fingerprint density at radius 2 is 0.873 bits per heavy atom. The van der Waals surface area contributed by atoms with Crippen molar-refractivity contribution < 1.29 is 0 Å². The fourth-order valence-electron chi connectivity index (χ4n) is 8.83. The van der Waals surface area contributed by atoms with Gasteiger partial charge in [-0.15, -0.1) is 0 Å². The largest absolute Gasteiger partial charge is 0.309 e. The molecule has 5 nitrogen and oxygen atoms in total. The molecule has 8 aromatic carbocycles. The maximum Gasteiger partial charge on any atom is 0.101 e. The lowest BCUT2D eigenvalue weighted by molar-refractivity contribution is 1.15. The highest BCUT2D eigenvalue weighted by Gasteiger charge is 2.22. The summed E-state index contributed by atoms with van der Waals surface area (Å²) in [5, 5.41) is 27.5. The predicted molar refractivity (Wildman–Crippen MR) is 224 cm³/mol. The summed E-state index contributed by atoms with van der Waals surface area (Å²) in [5.74, 6) is 0. The molecule has 3 aromatic heterocycles. The van der Waals surface area contributed by atoms with Gasteiger partial charge in [0.1, 0.15) is 6.07 Å². The number of hydrogen-bond donors (Lipinski definition) is 0. The molecule has 3 heterocycles. The third-order valence-corrected chi connectivity index (χ3v) is 11.1. The molecule has 5 heteroatoms. The molecule has 0 aliphatic heterocycles. The summed E-state index contributed by atoms with van der Waals surface area (Å²) in [6.07, 6.45) is 0. The van der Waals surface area contributed by atoms with Gasteiger partial charge in [-0.1, -0.05) is 109 Å². The molecule has 0 unspecified atom stereocenters. The zero-order chi connectivity index (χ0) is 36.6. The summed E-state index contributed by atoms with van der Waals surface area (Å²) < 4.78 is 6.93. The van der Waals surface area contributed by atoms with Crippen LogP contribution >= 0.6 is 0 Å². The first-order chi connectivity index (χ1) is 27.2. The molecule has 55 heavy (non-hydrogen) atoms. The molecule has 11 aromatic rings. The van der Waals surface area contributed by atoms with Crippen molar-refractivity contribution in [3.05, 3.63) is 187 Å². The number of para-hydroxylation sites is 6. The number of fused-ring (bicyclic) bond motifs is 9. The summed E-state index contributed by atoms with van der Waals surface area (Å²) >= 11 is 0. The molecule has 0 aliphatic rings. The highest BCUT2D eigenvalue weighted by atomic mass is 15.0. The molecule has 0 saturated carbocycles. The van der Waals surface area contributed by atoms with E-state index in [1.165, 1.54) is 10.8 Å². The van der Waals surface area contributed by atoms with Crippen molar-refractivity contribution in [3.63, 3.8) is 0 Å². The van der Waals surface area contributed by atoms with Crippen LogP contribution < -0.4 is 0 Å². The van der Waals surface area contributed by atoms with Crippen molar-refractivity contribution in [2.24, 2.45) is 0 Å². The van der Waals surface area contributed by atoms with Gasteiger partial charge in [-0.05, 0) is 66.7 Å². The van der Waals surface area contributed by atoms with Gasteiger partial charge in [-0.2, -0.15) is 10.5 Å². The number of hydrogen-bond acceptors (Lipinski definition) is 2. The highest BCUT2D eigenvalue weighted by Crippen LogP contribution is 2.42. The topological polar surface area (TPSA) is 62.4 Å². The van der Waals surface area contributed by atoms with Crippen LogP contribution in [0.1, 0.15) is 11.1 Å². The number of aromatic nitrogens is 3. The van der Waals surface area contributed by atoms with E-state index in [1.807, 2.05) is 42.5 Å². The Hall–Kier alpha value is -7.86. The first-order valence-corrected chi connectivity index (χ1v) is 18.3. The maximum atomic E-state index is 10.4. The van der Waals surface area contributed by atoms with Gasteiger partial charge in [0.15, 0.2) is 0 Å². The van der Waals surface area contributed by atoms with Gasteiger partial charge in [0.25, 0.3) is 0 Å². The van der Waals surface area contributed by atoms with Gasteiger partial charge >= 0.3 is 0 Å². The molecule has 0 atom stereocenters. The molecule has 0 amide bonds. The number of benzene rings is 8. The lowest BCUT2D eigenvalue weighted by Gasteiger charge is -2.19. The van der Waals surface area contributed by atoms with Crippen LogP contribution in [-0.2, 0) is 0 Å². The third kappa shape index (κ3) is 4.39. The van der Waals surface area contributed by atoms with E-state index >= 15 is 0 Å². The molecule has 0 fully saturated rings. The van der Waals surface area contributed by atoms with Crippen molar-refractivity contribution >= 4 is 65.4 Å². The Morgan fingerprint density at radius 1 is 0.345 bits per heavy atom. The second-order valence-corrected chi connectivity index (χ2v) is 14.0. The van der Waals surface area contributed by atoms with Crippen molar-refractivity contribution in [1.29, 1.82) is 10.5 Å². The molecular weight excluding hydrogens is 671 g/mol. The first-order valence-electron chi connectivity index (χ1n) is 18.3. The van der Waals surface area contributed by atoms with Crippen LogP contribution in [0.5, 0.6) is 0 Å². The fraction of sp³-hybridized carbons (Fsp3) is 0. The summed E-state index contributed by atoms with van der Waals surface area (Å²) in [6.45, 7) is 0. The minimum Gasteiger partial charge on any atom is -0.309 e. The SMILES string of the molecule is N#Cc1ccc(-n2c3ccccc3c3cccc(C#N)c32)c(-c2ccccc2-n2c3ccccc3c3ccc(-n4c5ccccc5c5ccccc54)cc32)c1. The van der Waals surface area contributed by atoms with Gasteiger partial charge in [0, 0.05) is 49.1 Å². The average molecular weight is 700 g/mol. The molecule has 254 valence electrons. The minimum absolute atomic E-state index is 0.561. The van der Waals surface area contributed by atoms with Crippen LogP contribution in [0.15, 0.2) is 176 Å². The van der Waals surface area contributed by atoms with Crippen LogP contribution in [-0.4, -0.2) is 13.7 Å². The molecule has 0 saturated heterocycles.